The van der Waals surface area contributed by atoms with Crippen LogP contribution in [0, 0.1) is 5.92 Å². The van der Waals surface area contributed by atoms with E-state index < -0.39 is 0 Å². The molecule has 0 atom stereocenters. The highest BCUT2D eigenvalue weighted by molar-refractivity contribution is 5.94. The van der Waals surface area contributed by atoms with Crippen molar-refractivity contribution in [3.8, 4) is 5.75 Å². The molecule has 0 bridgehead atoms. The quantitative estimate of drug-likeness (QED) is 0.695. The summed E-state index contributed by atoms with van der Waals surface area (Å²) in [5, 5.41) is 0. The third kappa shape index (κ3) is 4.49. The summed E-state index contributed by atoms with van der Waals surface area (Å²) in [7, 11) is 0. The van der Waals surface area contributed by atoms with E-state index in [4.69, 9.17) is 9.47 Å². The van der Waals surface area contributed by atoms with E-state index in [0.29, 0.717) is 31.3 Å². The molecule has 0 aliphatic carbocycles. The van der Waals surface area contributed by atoms with Gasteiger partial charge in [0.05, 0.1) is 13.2 Å². The van der Waals surface area contributed by atoms with Crippen LogP contribution < -0.4 is 4.74 Å². The molecule has 0 N–H and O–H groups in total. The van der Waals surface area contributed by atoms with Crippen LogP contribution in [-0.2, 0) is 11.3 Å². The molecular formula is C15H22O3. The van der Waals surface area contributed by atoms with Gasteiger partial charge in [-0.05, 0) is 38.0 Å². The Balaban J connectivity index is 2.82. The molecule has 0 saturated heterocycles. The number of rotatable bonds is 7. The van der Waals surface area contributed by atoms with Crippen LogP contribution >= 0.6 is 0 Å². The topological polar surface area (TPSA) is 35.5 Å². The van der Waals surface area contributed by atoms with Gasteiger partial charge in [-0.2, -0.15) is 0 Å². The van der Waals surface area contributed by atoms with Crippen LogP contribution in [0.25, 0.3) is 0 Å². The Morgan fingerprint density at radius 1 is 1.33 bits per heavy atom. The van der Waals surface area contributed by atoms with E-state index in [0.717, 1.165) is 11.3 Å². The van der Waals surface area contributed by atoms with Gasteiger partial charge in [0.2, 0.25) is 0 Å². The zero-order valence-electron chi connectivity index (χ0n) is 11.7. The molecule has 3 nitrogen and oxygen atoms in total. The minimum atomic E-state index is 0.0585. The Hall–Kier alpha value is -1.35. The molecule has 0 fully saturated rings. The predicted octanol–water partition coefficient (Wildman–Crippen LogP) is 3.46. The smallest absolute Gasteiger partial charge is 0.159 e. The minimum absolute atomic E-state index is 0.0585. The van der Waals surface area contributed by atoms with Gasteiger partial charge in [0.25, 0.3) is 0 Å². The zero-order valence-corrected chi connectivity index (χ0v) is 11.7. The second-order valence-corrected chi connectivity index (χ2v) is 4.72. The molecule has 0 amide bonds. The number of benzene rings is 1. The van der Waals surface area contributed by atoms with Crippen molar-refractivity contribution < 1.29 is 14.3 Å². The Labute approximate surface area is 109 Å². The van der Waals surface area contributed by atoms with Crippen LogP contribution in [0.1, 0.15) is 43.6 Å². The summed E-state index contributed by atoms with van der Waals surface area (Å²) in [6, 6.07) is 5.49. The van der Waals surface area contributed by atoms with E-state index in [-0.39, 0.29) is 5.78 Å². The summed E-state index contributed by atoms with van der Waals surface area (Å²) in [5.41, 5.74) is 1.63. The Morgan fingerprint density at radius 3 is 2.61 bits per heavy atom. The standard InChI is InChI=1S/C15H22O3/c1-5-18-15-7-6-13(12(4)16)8-14(15)10-17-9-11(2)3/h6-8,11H,5,9-10H2,1-4H3. The van der Waals surface area contributed by atoms with Gasteiger partial charge in [-0.3, -0.25) is 4.79 Å². The maximum atomic E-state index is 11.4. The fraction of sp³-hybridized carbons (Fsp3) is 0.533. The van der Waals surface area contributed by atoms with Gasteiger partial charge in [-0.15, -0.1) is 0 Å². The lowest BCUT2D eigenvalue weighted by Gasteiger charge is -2.12. The first-order valence-corrected chi connectivity index (χ1v) is 6.39. The maximum absolute atomic E-state index is 11.4. The van der Waals surface area contributed by atoms with E-state index in [1.165, 1.54) is 0 Å². The molecule has 3 heteroatoms. The monoisotopic (exact) mass is 250 g/mol. The average molecular weight is 250 g/mol. The Kier molecular flexibility index (Phi) is 5.86. The fourth-order valence-corrected chi connectivity index (χ4v) is 1.61. The highest BCUT2D eigenvalue weighted by Gasteiger charge is 2.08. The molecule has 0 aliphatic rings. The first kappa shape index (κ1) is 14.7. The lowest BCUT2D eigenvalue weighted by Crippen LogP contribution is -2.05. The molecule has 0 saturated carbocycles. The number of hydrogen-bond donors (Lipinski definition) is 0. The van der Waals surface area contributed by atoms with E-state index in [1.54, 1.807) is 13.0 Å². The second-order valence-electron chi connectivity index (χ2n) is 4.72. The molecule has 0 radical (unpaired) electrons. The van der Waals surface area contributed by atoms with Crippen LogP contribution in [0.4, 0.5) is 0 Å². The zero-order chi connectivity index (χ0) is 13.5. The Bertz CT molecular complexity index is 397. The number of ketones is 1. The normalized spacial score (nSPS) is 10.7. The summed E-state index contributed by atoms with van der Waals surface area (Å²) >= 11 is 0. The SMILES string of the molecule is CCOc1ccc(C(C)=O)cc1COCC(C)C. The molecule has 100 valence electrons. The second kappa shape index (κ2) is 7.17. The third-order valence-electron chi connectivity index (χ3n) is 2.48. The highest BCUT2D eigenvalue weighted by Crippen LogP contribution is 2.22. The Morgan fingerprint density at radius 2 is 2.06 bits per heavy atom. The lowest BCUT2D eigenvalue weighted by atomic mass is 10.1. The van der Waals surface area contributed by atoms with Gasteiger partial charge < -0.3 is 9.47 Å². The first-order valence-electron chi connectivity index (χ1n) is 6.39. The molecule has 0 unspecified atom stereocenters. The van der Waals surface area contributed by atoms with Crippen molar-refractivity contribution in [2.45, 2.75) is 34.3 Å². The van der Waals surface area contributed by atoms with Crippen molar-refractivity contribution in [1.29, 1.82) is 0 Å². The van der Waals surface area contributed by atoms with Gasteiger partial charge in [-0.25, -0.2) is 0 Å². The largest absolute Gasteiger partial charge is 0.494 e. The molecule has 1 aromatic rings. The van der Waals surface area contributed by atoms with Gasteiger partial charge in [-0.1, -0.05) is 13.8 Å². The summed E-state index contributed by atoms with van der Waals surface area (Å²) in [6.45, 7) is 9.51. The van der Waals surface area contributed by atoms with Gasteiger partial charge >= 0.3 is 0 Å². The van der Waals surface area contributed by atoms with Crippen molar-refractivity contribution in [2.75, 3.05) is 13.2 Å². The van der Waals surface area contributed by atoms with Crippen LogP contribution in [-0.4, -0.2) is 19.0 Å². The lowest BCUT2D eigenvalue weighted by molar-refractivity contribution is 0.0948. The van der Waals surface area contributed by atoms with Gasteiger partial charge in [0.1, 0.15) is 5.75 Å². The predicted molar refractivity (Wildman–Crippen MR) is 72.1 cm³/mol. The van der Waals surface area contributed by atoms with Crippen LogP contribution in [0.3, 0.4) is 0 Å². The van der Waals surface area contributed by atoms with Crippen LogP contribution in [0.5, 0.6) is 5.75 Å². The fourth-order valence-electron chi connectivity index (χ4n) is 1.61. The van der Waals surface area contributed by atoms with Crippen molar-refractivity contribution >= 4 is 5.78 Å². The molecule has 0 heterocycles. The number of hydrogen-bond acceptors (Lipinski definition) is 3. The van der Waals surface area contributed by atoms with Gasteiger partial charge in [0, 0.05) is 17.7 Å². The van der Waals surface area contributed by atoms with E-state index in [9.17, 15) is 4.79 Å². The number of carbonyl (C=O) groups excluding carboxylic acids is 1. The number of carbonyl (C=O) groups is 1. The highest BCUT2D eigenvalue weighted by atomic mass is 16.5. The third-order valence-corrected chi connectivity index (χ3v) is 2.48. The molecule has 1 rings (SSSR count). The summed E-state index contributed by atoms with van der Waals surface area (Å²) in [6.07, 6.45) is 0. The van der Waals surface area contributed by atoms with E-state index in [2.05, 4.69) is 13.8 Å². The molecular weight excluding hydrogens is 228 g/mol. The van der Waals surface area contributed by atoms with Crippen molar-refractivity contribution in [3.05, 3.63) is 29.3 Å². The van der Waals surface area contributed by atoms with Crippen molar-refractivity contribution in [2.24, 2.45) is 5.92 Å². The molecule has 1 aromatic carbocycles. The molecule has 0 aromatic heterocycles. The maximum Gasteiger partial charge on any atom is 0.159 e. The van der Waals surface area contributed by atoms with E-state index in [1.807, 2.05) is 19.1 Å². The average Bonchev–Trinajstić information content (AvgIpc) is 2.30. The minimum Gasteiger partial charge on any atom is -0.494 e. The first-order chi connectivity index (χ1) is 8.54. The van der Waals surface area contributed by atoms with Gasteiger partial charge in [0.15, 0.2) is 5.78 Å². The van der Waals surface area contributed by atoms with Crippen molar-refractivity contribution in [1.82, 2.24) is 0 Å². The summed E-state index contributed by atoms with van der Waals surface area (Å²) < 4.78 is 11.1. The number of Topliss-reactive ketones (excluding diaryl/α,β-unsaturated/α-hetero) is 1. The van der Waals surface area contributed by atoms with Crippen molar-refractivity contribution in [3.63, 3.8) is 0 Å². The van der Waals surface area contributed by atoms with Crippen LogP contribution in [0.15, 0.2) is 18.2 Å². The number of ether oxygens (including phenoxy) is 2. The molecule has 18 heavy (non-hydrogen) atoms. The summed E-state index contributed by atoms with van der Waals surface area (Å²) in [5.74, 6) is 1.35. The molecule has 0 aliphatic heterocycles. The molecule has 0 spiro atoms. The van der Waals surface area contributed by atoms with Crippen LogP contribution in [0.2, 0.25) is 0 Å². The van der Waals surface area contributed by atoms with E-state index >= 15 is 0 Å². The summed E-state index contributed by atoms with van der Waals surface area (Å²) in [4.78, 5) is 11.4.